The summed E-state index contributed by atoms with van der Waals surface area (Å²) in [6.45, 7) is 12.2. The third-order valence-corrected chi connectivity index (χ3v) is 7.83. The van der Waals surface area contributed by atoms with Gasteiger partial charge in [-0.2, -0.15) is 0 Å². The molecule has 0 aliphatic carbocycles. The highest BCUT2D eigenvalue weighted by molar-refractivity contribution is 6.01. The molecule has 5 heteroatoms. The van der Waals surface area contributed by atoms with Crippen molar-refractivity contribution in [3.05, 3.63) is 82.7 Å². The third-order valence-electron chi connectivity index (χ3n) is 7.83. The fourth-order valence-electron chi connectivity index (χ4n) is 5.66. The van der Waals surface area contributed by atoms with E-state index in [1.165, 1.54) is 11.1 Å². The first kappa shape index (κ1) is 24.1. The van der Waals surface area contributed by atoms with Crippen LogP contribution in [0.5, 0.6) is 5.75 Å². The minimum atomic E-state index is -0.483. The second kappa shape index (κ2) is 9.12. The van der Waals surface area contributed by atoms with Crippen LogP contribution in [0.2, 0.25) is 0 Å². The van der Waals surface area contributed by atoms with E-state index in [1.54, 1.807) is 7.11 Å². The first-order chi connectivity index (χ1) is 17.3. The minimum Gasteiger partial charge on any atom is -0.497 e. The molecule has 5 nitrogen and oxygen atoms in total. The van der Waals surface area contributed by atoms with E-state index in [4.69, 9.17) is 9.72 Å². The SMILES string of the molecule is CCn1c(C2(C)CCCN2C(=O)c2cc(C)ccc2-c2cccc(OC)c2)nc2cc(C)c(C)cc21. The highest BCUT2D eigenvalue weighted by atomic mass is 16.5. The molecule has 36 heavy (non-hydrogen) atoms. The Bertz CT molecular complexity index is 1470. The molecule has 4 aromatic rings. The first-order valence-corrected chi connectivity index (χ1v) is 12.8. The van der Waals surface area contributed by atoms with E-state index in [1.807, 2.05) is 37.3 Å². The number of hydrogen-bond donors (Lipinski definition) is 0. The molecule has 0 saturated carbocycles. The Morgan fingerprint density at radius 2 is 1.83 bits per heavy atom. The van der Waals surface area contributed by atoms with Crippen molar-refractivity contribution in [2.45, 2.75) is 59.5 Å². The van der Waals surface area contributed by atoms with Gasteiger partial charge in [-0.05, 0) is 100 Å². The van der Waals surface area contributed by atoms with E-state index in [2.05, 4.69) is 61.4 Å². The Balaban J connectivity index is 1.62. The van der Waals surface area contributed by atoms with Gasteiger partial charge in [0.05, 0.1) is 23.7 Å². The molecule has 0 spiro atoms. The zero-order valence-corrected chi connectivity index (χ0v) is 22.2. The maximum atomic E-state index is 14.3. The fourth-order valence-corrected chi connectivity index (χ4v) is 5.66. The zero-order chi connectivity index (χ0) is 25.6. The lowest BCUT2D eigenvalue weighted by molar-refractivity contribution is 0.0599. The van der Waals surface area contributed by atoms with Gasteiger partial charge in [-0.25, -0.2) is 4.98 Å². The summed E-state index contributed by atoms with van der Waals surface area (Å²) < 4.78 is 7.75. The van der Waals surface area contributed by atoms with E-state index >= 15 is 0 Å². The van der Waals surface area contributed by atoms with Gasteiger partial charge in [0.25, 0.3) is 5.91 Å². The number of hydrogen-bond acceptors (Lipinski definition) is 3. The Morgan fingerprint density at radius 3 is 2.58 bits per heavy atom. The van der Waals surface area contributed by atoms with Gasteiger partial charge in [0.2, 0.25) is 0 Å². The van der Waals surface area contributed by atoms with Gasteiger partial charge < -0.3 is 14.2 Å². The Hall–Kier alpha value is -3.60. The molecule has 186 valence electrons. The summed E-state index contributed by atoms with van der Waals surface area (Å²) in [5, 5.41) is 0. The second-order valence-electron chi connectivity index (χ2n) is 10.2. The lowest BCUT2D eigenvalue weighted by Gasteiger charge is -2.35. The van der Waals surface area contributed by atoms with Gasteiger partial charge >= 0.3 is 0 Å². The van der Waals surface area contributed by atoms with E-state index in [-0.39, 0.29) is 5.91 Å². The van der Waals surface area contributed by atoms with Gasteiger partial charge in [-0.15, -0.1) is 0 Å². The van der Waals surface area contributed by atoms with Crippen molar-refractivity contribution in [2.75, 3.05) is 13.7 Å². The summed E-state index contributed by atoms with van der Waals surface area (Å²) in [6, 6.07) is 18.5. The number of amides is 1. The molecular formula is C31H35N3O2. The van der Waals surface area contributed by atoms with E-state index in [0.29, 0.717) is 6.54 Å². The van der Waals surface area contributed by atoms with E-state index in [9.17, 15) is 4.79 Å². The molecule has 1 fully saturated rings. The summed E-state index contributed by atoms with van der Waals surface area (Å²) >= 11 is 0. The van der Waals surface area contributed by atoms with E-state index in [0.717, 1.165) is 64.2 Å². The number of nitrogens with zero attached hydrogens (tertiary/aromatic N) is 3. The van der Waals surface area contributed by atoms with Gasteiger partial charge in [-0.3, -0.25) is 4.79 Å². The monoisotopic (exact) mass is 481 g/mol. The summed E-state index contributed by atoms with van der Waals surface area (Å²) in [5.41, 5.74) is 7.85. The average molecular weight is 482 g/mol. The highest BCUT2D eigenvalue weighted by Gasteiger charge is 2.45. The molecule has 1 aliphatic heterocycles. The molecule has 5 rings (SSSR count). The largest absolute Gasteiger partial charge is 0.497 e. The number of fused-ring (bicyclic) bond motifs is 1. The van der Waals surface area contributed by atoms with Crippen molar-refractivity contribution in [3.8, 4) is 16.9 Å². The number of ether oxygens (including phenoxy) is 1. The van der Waals surface area contributed by atoms with Crippen molar-refractivity contribution in [2.24, 2.45) is 0 Å². The predicted molar refractivity (Wildman–Crippen MR) is 146 cm³/mol. The normalized spacial score (nSPS) is 17.7. The molecule has 0 N–H and O–H groups in total. The van der Waals surface area contributed by atoms with Crippen LogP contribution in [0.4, 0.5) is 0 Å². The topological polar surface area (TPSA) is 47.4 Å². The second-order valence-corrected chi connectivity index (χ2v) is 10.2. The number of methoxy groups -OCH3 is 1. The van der Waals surface area contributed by atoms with Gasteiger partial charge in [0, 0.05) is 18.7 Å². The van der Waals surface area contributed by atoms with Crippen LogP contribution in [0.1, 0.15) is 59.6 Å². The number of aromatic nitrogens is 2. The van der Waals surface area contributed by atoms with Crippen molar-refractivity contribution < 1.29 is 9.53 Å². The van der Waals surface area contributed by atoms with Crippen molar-refractivity contribution in [3.63, 3.8) is 0 Å². The van der Waals surface area contributed by atoms with Crippen LogP contribution in [0.25, 0.3) is 22.2 Å². The summed E-state index contributed by atoms with van der Waals surface area (Å²) in [4.78, 5) is 21.5. The number of imidazole rings is 1. The maximum absolute atomic E-state index is 14.3. The molecule has 1 aromatic heterocycles. The van der Waals surface area contributed by atoms with Crippen molar-refractivity contribution in [1.29, 1.82) is 0 Å². The molecule has 1 unspecified atom stereocenters. The number of carbonyl (C=O) groups is 1. The summed E-state index contributed by atoms with van der Waals surface area (Å²) in [6.07, 6.45) is 1.84. The van der Waals surface area contributed by atoms with Crippen LogP contribution in [-0.2, 0) is 12.1 Å². The first-order valence-electron chi connectivity index (χ1n) is 12.8. The number of likely N-dealkylation sites (tertiary alicyclic amines) is 1. The van der Waals surface area contributed by atoms with Crippen LogP contribution in [0.3, 0.4) is 0 Å². The lowest BCUT2D eigenvalue weighted by atomic mass is 9.93. The fraction of sp³-hybridized carbons (Fsp3) is 0.355. The van der Waals surface area contributed by atoms with Gasteiger partial charge in [0.15, 0.2) is 0 Å². The van der Waals surface area contributed by atoms with Crippen LogP contribution in [0.15, 0.2) is 54.6 Å². The predicted octanol–water partition coefficient (Wildman–Crippen LogP) is 6.81. The Morgan fingerprint density at radius 1 is 1.06 bits per heavy atom. The van der Waals surface area contributed by atoms with Gasteiger partial charge in [0.1, 0.15) is 11.6 Å². The molecule has 0 bridgehead atoms. The van der Waals surface area contributed by atoms with Crippen molar-refractivity contribution in [1.82, 2.24) is 14.5 Å². The minimum absolute atomic E-state index is 0.0543. The van der Waals surface area contributed by atoms with Crippen LogP contribution in [0, 0.1) is 20.8 Å². The molecule has 1 saturated heterocycles. The molecule has 1 amide bonds. The summed E-state index contributed by atoms with van der Waals surface area (Å²) in [5.74, 6) is 1.81. The number of aryl methyl sites for hydroxylation is 4. The van der Waals surface area contributed by atoms with Crippen LogP contribution in [-0.4, -0.2) is 34.0 Å². The molecule has 2 heterocycles. The van der Waals surface area contributed by atoms with Crippen molar-refractivity contribution >= 4 is 16.9 Å². The third kappa shape index (κ3) is 3.87. The average Bonchev–Trinajstić information content (AvgIpc) is 3.44. The van der Waals surface area contributed by atoms with Crippen LogP contribution >= 0.6 is 0 Å². The molecule has 1 atom stereocenters. The summed E-state index contributed by atoms with van der Waals surface area (Å²) in [7, 11) is 1.67. The Kier molecular flexibility index (Phi) is 6.11. The number of carbonyl (C=O) groups excluding carboxylic acids is 1. The molecule has 3 aromatic carbocycles. The molecule has 1 aliphatic rings. The lowest BCUT2D eigenvalue weighted by Crippen LogP contribution is -2.44. The maximum Gasteiger partial charge on any atom is 0.255 e. The smallest absolute Gasteiger partial charge is 0.255 e. The Labute approximate surface area is 213 Å². The molecule has 0 radical (unpaired) electrons. The standard InChI is InChI=1S/C31H35N3O2/c1-7-33-28-18-22(4)21(3)17-27(28)32-30(33)31(5)14-9-15-34(31)29(35)26-16-20(2)12-13-25(26)23-10-8-11-24(19-23)36-6/h8,10-13,16-19H,7,9,14-15H2,1-6H3. The molecular weight excluding hydrogens is 446 g/mol. The van der Waals surface area contributed by atoms with Crippen LogP contribution < -0.4 is 4.74 Å². The zero-order valence-electron chi connectivity index (χ0n) is 22.2. The number of benzene rings is 3. The highest BCUT2D eigenvalue weighted by Crippen LogP contribution is 2.41. The van der Waals surface area contributed by atoms with Gasteiger partial charge in [-0.1, -0.05) is 29.8 Å². The number of rotatable bonds is 5. The quantitative estimate of drug-likeness (QED) is 0.315. The van der Waals surface area contributed by atoms with E-state index < -0.39 is 5.54 Å².